The van der Waals surface area contributed by atoms with E-state index in [0.29, 0.717) is 17.3 Å². The molecule has 0 radical (unpaired) electrons. The Morgan fingerprint density at radius 3 is 2.52 bits per heavy atom. The van der Waals surface area contributed by atoms with E-state index in [2.05, 4.69) is 27.4 Å². The molecule has 2 rings (SSSR count). The second-order valence-corrected chi connectivity index (χ2v) is 5.54. The van der Waals surface area contributed by atoms with Crippen LogP contribution in [-0.4, -0.2) is 61.6 Å². The van der Waals surface area contributed by atoms with Crippen LogP contribution in [-0.2, 0) is 0 Å². The second-order valence-electron chi connectivity index (χ2n) is 5.14. The summed E-state index contributed by atoms with van der Waals surface area (Å²) in [6.07, 6.45) is 0. The number of halogens is 1. The van der Waals surface area contributed by atoms with Gasteiger partial charge in [0.15, 0.2) is 0 Å². The molecule has 0 aliphatic carbocycles. The fourth-order valence-corrected chi connectivity index (χ4v) is 2.57. The summed E-state index contributed by atoms with van der Waals surface area (Å²) in [4.78, 5) is 16.6. The normalized spacial score (nSPS) is 16.7. The lowest BCUT2D eigenvalue weighted by Gasteiger charge is -2.33. The summed E-state index contributed by atoms with van der Waals surface area (Å²) in [5, 5.41) is 6.17. The lowest BCUT2D eigenvalue weighted by Crippen LogP contribution is -2.48. The molecule has 0 saturated carbocycles. The van der Waals surface area contributed by atoms with Crippen molar-refractivity contribution in [2.75, 3.05) is 51.1 Å². The van der Waals surface area contributed by atoms with Crippen LogP contribution in [0.4, 0.5) is 10.5 Å². The Kier molecular flexibility index (Phi) is 6.29. The molecule has 2 amide bonds. The van der Waals surface area contributed by atoms with Crippen molar-refractivity contribution in [3.8, 4) is 0 Å². The quantitative estimate of drug-likeness (QED) is 0.875. The third-order valence-electron chi connectivity index (χ3n) is 3.75. The van der Waals surface area contributed by atoms with Gasteiger partial charge in [0.2, 0.25) is 0 Å². The molecule has 21 heavy (non-hydrogen) atoms. The minimum Gasteiger partial charge on any atom is -0.337 e. The predicted octanol–water partition coefficient (Wildman–Crippen LogP) is 2.10. The Labute approximate surface area is 131 Å². The van der Waals surface area contributed by atoms with Gasteiger partial charge in [-0.1, -0.05) is 30.7 Å². The van der Waals surface area contributed by atoms with Crippen LogP contribution in [0.25, 0.3) is 0 Å². The topological polar surface area (TPSA) is 47.6 Å². The number of nitrogens with one attached hydrogen (secondary N) is 2. The average molecular weight is 311 g/mol. The van der Waals surface area contributed by atoms with Gasteiger partial charge in [0.25, 0.3) is 0 Å². The van der Waals surface area contributed by atoms with E-state index in [0.717, 1.165) is 39.3 Å². The molecule has 1 aliphatic heterocycles. The van der Waals surface area contributed by atoms with Crippen LogP contribution in [0.5, 0.6) is 0 Å². The monoisotopic (exact) mass is 310 g/mol. The smallest absolute Gasteiger partial charge is 0.319 e. The minimum atomic E-state index is -0.213. The van der Waals surface area contributed by atoms with Crippen LogP contribution in [0.2, 0.25) is 5.02 Å². The number of benzene rings is 1. The Morgan fingerprint density at radius 2 is 1.86 bits per heavy atom. The molecule has 5 nitrogen and oxygen atoms in total. The highest BCUT2D eigenvalue weighted by atomic mass is 35.5. The number of nitrogens with zero attached hydrogens (tertiary/aromatic N) is 2. The number of amides is 2. The molecule has 2 N–H and O–H groups in total. The van der Waals surface area contributed by atoms with Crippen molar-refractivity contribution in [2.24, 2.45) is 0 Å². The molecule has 0 spiro atoms. The Hall–Kier alpha value is -1.30. The van der Waals surface area contributed by atoms with Gasteiger partial charge in [0, 0.05) is 39.3 Å². The number of anilines is 1. The number of carbonyl (C=O) groups is 1. The zero-order chi connectivity index (χ0) is 15.1. The zero-order valence-corrected chi connectivity index (χ0v) is 13.2. The number of carbonyl (C=O) groups excluding carboxylic acids is 1. The molecule has 1 aromatic rings. The van der Waals surface area contributed by atoms with Crippen molar-refractivity contribution in [2.45, 2.75) is 6.92 Å². The van der Waals surface area contributed by atoms with Gasteiger partial charge in [-0.25, -0.2) is 4.79 Å². The van der Waals surface area contributed by atoms with Gasteiger partial charge in [-0.3, -0.25) is 4.90 Å². The van der Waals surface area contributed by atoms with Crippen LogP contribution >= 0.6 is 11.6 Å². The first-order chi connectivity index (χ1) is 10.2. The third kappa shape index (κ3) is 5.19. The molecule has 0 aromatic heterocycles. The molecule has 1 fully saturated rings. The summed E-state index contributed by atoms with van der Waals surface area (Å²) in [5.41, 5.74) is 0.633. The van der Waals surface area contributed by atoms with Crippen LogP contribution < -0.4 is 10.6 Å². The van der Waals surface area contributed by atoms with Crippen LogP contribution in [0.15, 0.2) is 24.3 Å². The Balaban J connectivity index is 1.65. The van der Waals surface area contributed by atoms with Crippen molar-refractivity contribution in [3.05, 3.63) is 29.3 Å². The van der Waals surface area contributed by atoms with Crippen molar-refractivity contribution >= 4 is 23.3 Å². The summed E-state index contributed by atoms with van der Waals surface area (Å²) >= 11 is 6.00. The fraction of sp³-hybridized carbons (Fsp3) is 0.533. The number of hydrogen-bond donors (Lipinski definition) is 2. The lowest BCUT2D eigenvalue weighted by atomic mass is 10.3. The standard InChI is InChI=1S/C15H23ClN4O/c1-2-19-9-11-20(12-10-19)8-7-17-15(21)18-14-6-4-3-5-13(14)16/h3-6H,2,7-12H2,1H3,(H2,17,18,21). The largest absolute Gasteiger partial charge is 0.337 e. The van der Waals surface area contributed by atoms with Crippen LogP contribution in [0, 0.1) is 0 Å². The Morgan fingerprint density at radius 1 is 1.19 bits per heavy atom. The predicted molar refractivity (Wildman–Crippen MR) is 87.0 cm³/mol. The van der Waals surface area contributed by atoms with E-state index in [1.165, 1.54) is 0 Å². The van der Waals surface area contributed by atoms with Gasteiger partial charge in [-0.05, 0) is 18.7 Å². The average Bonchev–Trinajstić information content (AvgIpc) is 2.50. The van der Waals surface area contributed by atoms with E-state index in [1.807, 2.05) is 12.1 Å². The number of hydrogen-bond acceptors (Lipinski definition) is 3. The number of likely N-dealkylation sites (N-methyl/N-ethyl adjacent to an activating group) is 1. The molecular formula is C15H23ClN4O. The summed E-state index contributed by atoms with van der Waals surface area (Å²) in [5.74, 6) is 0. The Bertz CT molecular complexity index is 461. The van der Waals surface area contributed by atoms with Gasteiger partial charge in [-0.15, -0.1) is 0 Å². The molecule has 6 heteroatoms. The first-order valence-electron chi connectivity index (χ1n) is 7.43. The van der Waals surface area contributed by atoms with Crippen molar-refractivity contribution < 1.29 is 4.79 Å². The molecular weight excluding hydrogens is 288 g/mol. The maximum Gasteiger partial charge on any atom is 0.319 e. The van der Waals surface area contributed by atoms with Crippen molar-refractivity contribution in [1.82, 2.24) is 15.1 Å². The SMILES string of the molecule is CCN1CCN(CCNC(=O)Nc2ccccc2Cl)CC1. The van der Waals surface area contributed by atoms with Crippen LogP contribution in [0.1, 0.15) is 6.92 Å². The molecule has 1 saturated heterocycles. The molecule has 116 valence electrons. The number of urea groups is 1. The highest BCUT2D eigenvalue weighted by molar-refractivity contribution is 6.33. The molecule has 0 unspecified atom stereocenters. The van der Waals surface area contributed by atoms with Gasteiger partial charge in [0.05, 0.1) is 10.7 Å². The molecule has 1 heterocycles. The number of rotatable bonds is 5. The zero-order valence-electron chi connectivity index (χ0n) is 12.4. The highest BCUT2D eigenvalue weighted by Gasteiger charge is 2.15. The van der Waals surface area contributed by atoms with Gasteiger partial charge < -0.3 is 15.5 Å². The maximum atomic E-state index is 11.8. The van der Waals surface area contributed by atoms with E-state index >= 15 is 0 Å². The summed E-state index contributed by atoms with van der Waals surface area (Å²) < 4.78 is 0. The number of para-hydroxylation sites is 1. The molecule has 1 aliphatic rings. The maximum absolute atomic E-state index is 11.8. The van der Waals surface area contributed by atoms with E-state index < -0.39 is 0 Å². The first kappa shape index (κ1) is 16.1. The van der Waals surface area contributed by atoms with E-state index in [4.69, 9.17) is 11.6 Å². The number of piperazine rings is 1. The molecule has 1 aromatic carbocycles. The van der Waals surface area contributed by atoms with Crippen molar-refractivity contribution in [1.29, 1.82) is 0 Å². The van der Waals surface area contributed by atoms with E-state index in [-0.39, 0.29) is 6.03 Å². The van der Waals surface area contributed by atoms with Gasteiger partial charge in [0.1, 0.15) is 0 Å². The van der Waals surface area contributed by atoms with Crippen molar-refractivity contribution in [3.63, 3.8) is 0 Å². The summed E-state index contributed by atoms with van der Waals surface area (Å²) in [6.45, 7) is 9.20. The lowest BCUT2D eigenvalue weighted by molar-refractivity contribution is 0.138. The summed E-state index contributed by atoms with van der Waals surface area (Å²) in [6, 6.07) is 7.00. The summed E-state index contributed by atoms with van der Waals surface area (Å²) in [7, 11) is 0. The second kappa shape index (κ2) is 8.22. The molecule has 0 atom stereocenters. The highest BCUT2D eigenvalue weighted by Crippen LogP contribution is 2.19. The third-order valence-corrected chi connectivity index (χ3v) is 4.08. The van der Waals surface area contributed by atoms with Crippen LogP contribution in [0.3, 0.4) is 0 Å². The van der Waals surface area contributed by atoms with Gasteiger partial charge >= 0.3 is 6.03 Å². The first-order valence-corrected chi connectivity index (χ1v) is 7.81. The van der Waals surface area contributed by atoms with E-state index in [9.17, 15) is 4.79 Å². The molecule has 0 bridgehead atoms. The minimum absolute atomic E-state index is 0.213. The fourth-order valence-electron chi connectivity index (χ4n) is 2.39. The van der Waals surface area contributed by atoms with Gasteiger partial charge in [-0.2, -0.15) is 0 Å². The van der Waals surface area contributed by atoms with E-state index in [1.54, 1.807) is 12.1 Å².